The van der Waals surface area contributed by atoms with E-state index < -0.39 is 0 Å². The zero-order valence-corrected chi connectivity index (χ0v) is 17.1. The Morgan fingerprint density at radius 3 is 2.33 bits per heavy atom. The van der Waals surface area contributed by atoms with Crippen molar-refractivity contribution in [2.45, 2.75) is 18.0 Å². The molecule has 0 saturated carbocycles. The molecule has 6 heteroatoms. The van der Waals surface area contributed by atoms with Gasteiger partial charge in [-0.2, -0.15) is 4.98 Å². The van der Waals surface area contributed by atoms with Crippen molar-refractivity contribution in [3.8, 4) is 17.5 Å². The van der Waals surface area contributed by atoms with E-state index in [1.54, 1.807) is 12.3 Å². The molecule has 4 rings (SSSR count). The van der Waals surface area contributed by atoms with Crippen molar-refractivity contribution < 1.29 is 9.47 Å². The van der Waals surface area contributed by atoms with E-state index in [0.717, 1.165) is 21.8 Å². The number of ether oxygens (including phenoxy) is 2. The highest BCUT2D eigenvalue weighted by molar-refractivity contribution is 7.80. The highest BCUT2D eigenvalue weighted by atomic mass is 32.1. The second-order valence-electron chi connectivity index (χ2n) is 6.55. The van der Waals surface area contributed by atoms with Gasteiger partial charge < -0.3 is 14.8 Å². The summed E-state index contributed by atoms with van der Waals surface area (Å²) in [6.45, 7) is 1.14. The van der Waals surface area contributed by atoms with E-state index in [9.17, 15) is 0 Å². The molecule has 0 radical (unpaired) electrons. The Bertz CT molecular complexity index is 1090. The van der Waals surface area contributed by atoms with E-state index in [0.29, 0.717) is 24.7 Å². The first-order valence-electron chi connectivity index (χ1n) is 9.55. The van der Waals surface area contributed by atoms with Gasteiger partial charge in [0, 0.05) is 17.6 Å². The molecule has 1 N–H and O–H groups in total. The molecule has 4 aromatic rings. The third-order valence-corrected chi connectivity index (χ3v) is 4.80. The van der Waals surface area contributed by atoms with E-state index in [1.807, 2.05) is 78.9 Å². The van der Waals surface area contributed by atoms with Crippen LogP contribution in [0.15, 0.2) is 96.0 Å². The van der Waals surface area contributed by atoms with Crippen LogP contribution in [0, 0.1) is 0 Å². The van der Waals surface area contributed by atoms with Gasteiger partial charge in [-0.05, 0) is 47.5 Å². The predicted molar refractivity (Wildman–Crippen MR) is 120 cm³/mol. The van der Waals surface area contributed by atoms with Crippen LogP contribution in [0.5, 0.6) is 17.5 Å². The van der Waals surface area contributed by atoms with Gasteiger partial charge in [-0.1, -0.05) is 48.5 Å². The van der Waals surface area contributed by atoms with Gasteiger partial charge in [-0.3, -0.25) is 0 Å². The number of aromatic nitrogens is 2. The van der Waals surface area contributed by atoms with Crippen LogP contribution in [0.2, 0.25) is 0 Å². The molecule has 0 amide bonds. The number of thiol groups is 1. The first-order valence-corrected chi connectivity index (χ1v) is 9.99. The molecule has 150 valence electrons. The molecule has 0 aliphatic carbocycles. The second kappa shape index (κ2) is 9.80. The SMILES string of the molecule is Sc1ccccc1CNc1ccnc(Oc2ccc(OCc3ccccc3)cc2)n1. The maximum absolute atomic E-state index is 5.80. The largest absolute Gasteiger partial charge is 0.489 e. The Kier molecular flexibility index (Phi) is 6.47. The predicted octanol–water partition coefficient (Wildman–Crippen LogP) is 5.75. The van der Waals surface area contributed by atoms with E-state index in [2.05, 4.69) is 27.9 Å². The van der Waals surface area contributed by atoms with E-state index >= 15 is 0 Å². The minimum Gasteiger partial charge on any atom is -0.489 e. The van der Waals surface area contributed by atoms with Crippen LogP contribution in [0.1, 0.15) is 11.1 Å². The lowest BCUT2D eigenvalue weighted by atomic mass is 10.2. The Morgan fingerprint density at radius 1 is 0.800 bits per heavy atom. The molecule has 0 saturated heterocycles. The summed E-state index contributed by atoms with van der Waals surface area (Å²) >= 11 is 4.47. The maximum Gasteiger partial charge on any atom is 0.323 e. The van der Waals surface area contributed by atoms with E-state index in [4.69, 9.17) is 9.47 Å². The Morgan fingerprint density at radius 2 is 1.53 bits per heavy atom. The summed E-state index contributed by atoms with van der Waals surface area (Å²) in [5.41, 5.74) is 2.21. The highest BCUT2D eigenvalue weighted by Crippen LogP contribution is 2.23. The second-order valence-corrected chi connectivity index (χ2v) is 7.04. The van der Waals surface area contributed by atoms with Crippen LogP contribution in [0.25, 0.3) is 0 Å². The standard InChI is InChI=1S/C24H21N3O2S/c30-22-9-5-4-8-19(22)16-26-23-14-15-25-24(27-23)29-21-12-10-20(11-13-21)28-17-18-6-2-1-3-7-18/h1-15,30H,16-17H2,(H,25,26,27). The van der Waals surface area contributed by atoms with Crippen LogP contribution < -0.4 is 14.8 Å². The molecule has 5 nitrogen and oxygen atoms in total. The van der Waals surface area contributed by atoms with Crippen LogP contribution >= 0.6 is 12.6 Å². The van der Waals surface area contributed by atoms with Crippen molar-refractivity contribution in [1.82, 2.24) is 9.97 Å². The number of anilines is 1. The van der Waals surface area contributed by atoms with Crippen LogP contribution in [-0.2, 0) is 13.2 Å². The molecule has 0 aliphatic heterocycles. The first kappa shape index (κ1) is 19.8. The van der Waals surface area contributed by atoms with Crippen molar-refractivity contribution in [2.24, 2.45) is 0 Å². The zero-order chi connectivity index (χ0) is 20.6. The topological polar surface area (TPSA) is 56.3 Å². The van der Waals surface area contributed by atoms with Gasteiger partial charge in [0.2, 0.25) is 0 Å². The Balaban J connectivity index is 1.33. The lowest BCUT2D eigenvalue weighted by Crippen LogP contribution is -2.03. The van der Waals surface area contributed by atoms with Crippen molar-refractivity contribution >= 4 is 18.4 Å². The van der Waals surface area contributed by atoms with E-state index in [1.165, 1.54) is 0 Å². The van der Waals surface area contributed by atoms with Gasteiger partial charge in [-0.15, -0.1) is 12.6 Å². The van der Waals surface area contributed by atoms with Crippen LogP contribution in [0.3, 0.4) is 0 Å². The van der Waals surface area contributed by atoms with Gasteiger partial charge >= 0.3 is 6.01 Å². The summed E-state index contributed by atoms with van der Waals surface area (Å²) < 4.78 is 11.6. The molecular formula is C24H21N3O2S. The third-order valence-electron chi connectivity index (χ3n) is 4.37. The van der Waals surface area contributed by atoms with Crippen LogP contribution in [-0.4, -0.2) is 9.97 Å². The van der Waals surface area contributed by atoms with Crippen molar-refractivity contribution in [3.63, 3.8) is 0 Å². The fourth-order valence-electron chi connectivity index (χ4n) is 2.78. The summed E-state index contributed by atoms with van der Waals surface area (Å²) in [6, 6.07) is 27.4. The van der Waals surface area contributed by atoms with Gasteiger partial charge in [0.1, 0.15) is 23.9 Å². The number of benzene rings is 3. The average molecular weight is 416 g/mol. The van der Waals surface area contributed by atoms with Gasteiger partial charge in [0.05, 0.1) is 0 Å². The fourth-order valence-corrected chi connectivity index (χ4v) is 3.02. The quantitative estimate of drug-likeness (QED) is 0.359. The molecule has 1 aromatic heterocycles. The van der Waals surface area contributed by atoms with Crippen LogP contribution in [0.4, 0.5) is 5.82 Å². The molecule has 0 aliphatic rings. The molecule has 0 atom stereocenters. The summed E-state index contributed by atoms with van der Waals surface area (Å²) in [7, 11) is 0. The summed E-state index contributed by atoms with van der Waals surface area (Å²) in [5, 5.41) is 3.27. The summed E-state index contributed by atoms with van der Waals surface area (Å²) in [6.07, 6.45) is 1.66. The molecule has 0 unspecified atom stereocenters. The lowest BCUT2D eigenvalue weighted by Gasteiger charge is -2.10. The summed E-state index contributed by atoms with van der Waals surface area (Å²) in [5.74, 6) is 2.09. The molecule has 3 aromatic carbocycles. The molecule has 0 spiro atoms. The number of nitrogens with one attached hydrogen (secondary N) is 1. The number of hydrogen-bond donors (Lipinski definition) is 2. The van der Waals surface area contributed by atoms with Crippen molar-refractivity contribution in [3.05, 3.63) is 102 Å². The lowest BCUT2D eigenvalue weighted by molar-refractivity contribution is 0.305. The Hall–Kier alpha value is -3.51. The van der Waals surface area contributed by atoms with Gasteiger partial charge in [0.25, 0.3) is 0 Å². The minimum atomic E-state index is 0.275. The monoisotopic (exact) mass is 415 g/mol. The van der Waals surface area contributed by atoms with Crippen molar-refractivity contribution in [2.75, 3.05) is 5.32 Å². The normalized spacial score (nSPS) is 10.4. The molecule has 1 heterocycles. The molecular weight excluding hydrogens is 394 g/mol. The fraction of sp³-hybridized carbons (Fsp3) is 0.0833. The molecule has 0 fully saturated rings. The molecule has 30 heavy (non-hydrogen) atoms. The van der Waals surface area contributed by atoms with Crippen molar-refractivity contribution in [1.29, 1.82) is 0 Å². The first-order chi connectivity index (χ1) is 14.8. The summed E-state index contributed by atoms with van der Waals surface area (Å²) in [4.78, 5) is 9.53. The third kappa shape index (κ3) is 5.52. The van der Waals surface area contributed by atoms with E-state index in [-0.39, 0.29) is 6.01 Å². The van der Waals surface area contributed by atoms with Gasteiger partial charge in [0.15, 0.2) is 0 Å². The zero-order valence-electron chi connectivity index (χ0n) is 16.2. The average Bonchev–Trinajstić information content (AvgIpc) is 2.79. The minimum absolute atomic E-state index is 0.275. The number of nitrogens with zero attached hydrogens (tertiary/aromatic N) is 2. The Labute approximate surface area is 181 Å². The number of rotatable bonds is 8. The van der Waals surface area contributed by atoms with Gasteiger partial charge in [-0.25, -0.2) is 4.98 Å². The smallest absolute Gasteiger partial charge is 0.323 e. The highest BCUT2D eigenvalue weighted by Gasteiger charge is 2.04. The number of hydrogen-bond acceptors (Lipinski definition) is 6. The molecule has 0 bridgehead atoms. The maximum atomic E-state index is 5.80.